The molecule has 64 valence electrons. The average Bonchev–Trinajstić information content (AvgIpc) is 2.60. The smallest absolute Gasteiger partial charge is 0.292 e. The van der Waals surface area contributed by atoms with E-state index in [9.17, 15) is 4.79 Å². The maximum Gasteiger partial charge on any atom is 1.00 e. The Balaban J connectivity index is 0.000000206. The molecule has 1 aliphatic rings. The van der Waals surface area contributed by atoms with Crippen molar-refractivity contribution >= 4 is 5.91 Å². The number of carbonyl (C=O) groups is 1. The van der Waals surface area contributed by atoms with E-state index < -0.39 is 0 Å². The number of nitrogens with one attached hydrogen (secondary N) is 2. The molecular formula is C9H11N2NaO. The molecule has 13 heavy (non-hydrogen) atoms. The predicted molar refractivity (Wildman–Crippen MR) is 46.0 cm³/mol. The van der Waals surface area contributed by atoms with Gasteiger partial charge in [-0.05, 0) is 0 Å². The zero-order valence-electron chi connectivity index (χ0n) is 7.71. The van der Waals surface area contributed by atoms with Crippen LogP contribution in [0.2, 0.25) is 0 Å². The molecule has 2 rings (SSSR count). The van der Waals surface area contributed by atoms with Crippen molar-refractivity contribution in [3.63, 3.8) is 0 Å². The van der Waals surface area contributed by atoms with Crippen LogP contribution >= 0.6 is 0 Å². The number of benzene rings is 1. The van der Waals surface area contributed by atoms with Crippen LogP contribution in [-0.4, -0.2) is 12.5 Å². The quantitative estimate of drug-likeness (QED) is 0.347. The zero-order valence-corrected chi connectivity index (χ0v) is 9.71. The van der Waals surface area contributed by atoms with E-state index in [1.54, 1.807) is 0 Å². The summed E-state index contributed by atoms with van der Waals surface area (Å²) < 4.78 is 0. The van der Waals surface area contributed by atoms with Gasteiger partial charge in [-0.25, -0.2) is 5.43 Å². The van der Waals surface area contributed by atoms with Crippen LogP contribution < -0.4 is 40.4 Å². The number of hydrogen-bond acceptors (Lipinski definition) is 2. The van der Waals surface area contributed by atoms with Crippen molar-refractivity contribution in [2.45, 2.75) is 6.42 Å². The molecule has 0 spiro atoms. The second-order valence-corrected chi connectivity index (χ2v) is 2.30. The van der Waals surface area contributed by atoms with Crippen molar-refractivity contribution in [1.82, 2.24) is 10.9 Å². The first-order valence-electron chi connectivity index (χ1n) is 3.82. The van der Waals surface area contributed by atoms with Crippen LogP contribution in [0.15, 0.2) is 30.3 Å². The summed E-state index contributed by atoms with van der Waals surface area (Å²) in [5, 5.41) is 0. The van der Waals surface area contributed by atoms with Crippen LogP contribution in [0.1, 0.15) is 6.42 Å². The van der Waals surface area contributed by atoms with E-state index in [0.717, 1.165) is 6.54 Å². The largest absolute Gasteiger partial charge is 1.00 e. The van der Waals surface area contributed by atoms with Crippen LogP contribution in [0.4, 0.5) is 0 Å². The number of carbonyl (C=O) groups excluding carboxylic acids is 1. The van der Waals surface area contributed by atoms with E-state index in [1.165, 1.54) is 0 Å². The van der Waals surface area contributed by atoms with Crippen molar-refractivity contribution in [3.8, 4) is 0 Å². The molecule has 1 fully saturated rings. The first kappa shape index (κ1) is 12.7. The van der Waals surface area contributed by atoms with E-state index in [0.29, 0.717) is 6.42 Å². The second kappa shape index (κ2) is 8.26. The maximum atomic E-state index is 10.1. The van der Waals surface area contributed by atoms with Crippen molar-refractivity contribution in [1.29, 1.82) is 0 Å². The van der Waals surface area contributed by atoms with Crippen LogP contribution in [0.5, 0.6) is 0 Å². The predicted octanol–water partition coefficient (Wildman–Crippen LogP) is -2.50. The number of amides is 1. The van der Waals surface area contributed by atoms with Crippen LogP contribution in [0.25, 0.3) is 0 Å². The second-order valence-electron chi connectivity index (χ2n) is 2.30. The Labute approximate surface area is 100 Å². The van der Waals surface area contributed by atoms with Gasteiger partial charge in [0.2, 0.25) is 5.91 Å². The fourth-order valence-corrected chi connectivity index (χ4v) is 0.742. The Morgan fingerprint density at radius 2 is 1.92 bits per heavy atom. The summed E-state index contributed by atoms with van der Waals surface area (Å²) in [5.41, 5.74) is 5.10. The minimum absolute atomic E-state index is 0. The Bertz CT molecular complexity index is 194. The van der Waals surface area contributed by atoms with Gasteiger partial charge in [-0.3, -0.25) is 10.2 Å². The molecular weight excluding hydrogens is 175 g/mol. The summed E-state index contributed by atoms with van der Waals surface area (Å²) >= 11 is 0. The topological polar surface area (TPSA) is 41.1 Å². The molecule has 4 heteroatoms. The third-order valence-electron chi connectivity index (χ3n) is 1.31. The summed E-state index contributed by atoms with van der Waals surface area (Å²) in [6.45, 7) is 0.777. The fraction of sp³-hybridized carbons (Fsp3) is 0.222. The molecule has 0 aliphatic carbocycles. The molecule has 0 unspecified atom stereocenters. The Morgan fingerprint density at radius 3 is 2.08 bits per heavy atom. The van der Waals surface area contributed by atoms with Crippen molar-refractivity contribution in [2.24, 2.45) is 0 Å². The third-order valence-corrected chi connectivity index (χ3v) is 1.31. The first-order chi connectivity index (χ1) is 5.89. The number of hydrazine groups is 1. The molecule has 1 amide bonds. The van der Waals surface area contributed by atoms with Crippen molar-refractivity contribution in [3.05, 3.63) is 36.4 Å². The summed E-state index contributed by atoms with van der Waals surface area (Å²) in [4.78, 5) is 10.1. The van der Waals surface area contributed by atoms with Crippen molar-refractivity contribution in [2.75, 3.05) is 6.54 Å². The molecule has 2 N–H and O–H groups in total. The Morgan fingerprint density at radius 1 is 1.23 bits per heavy atom. The van der Waals surface area contributed by atoms with Gasteiger partial charge in [-0.15, -0.1) is 0 Å². The molecule has 1 saturated heterocycles. The van der Waals surface area contributed by atoms with Gasteiger partial charge in [0.1, 0.15) is 0 Å². The van der Waals surface area contributed by atoms with E-state index >= 15 is 0 Å². The van der Waals surface area contributed by atoms with Gasteiger partial charge in [0, 0.05) is 13.0 Å². The van der Waals surface area contributed by atoms with Crippen LogP contribution in [0.3, 0.4) is 0 Å². The number of rotatable bonds is 0. The summed E-state index contributed by atoms with van der Waals surface area (Å²) in [7, 11) is 0. The van der Waals surface area contributed by atoms with Gasteiger partial charge in [-0.2, -0.15) is 36.4 Å². The average molecular weight is 186 g/mol. The van der Waals surface area contributed by atoms with E-state index in [1.807, 2.05) is 30.3 Å². The molecule has 0 bridgehead atoms. The van der Waals surface area contributed by atoms with E-state index in [2.05, 4.69) is 16.9 Å². The fourth-order valence-electron chi connectivity index (χ4n) is 0.742. The van der Waals surface area contributed by atoms with Gasteiger partial charge >= 0.3 is 29.6 Å². The summed E-state index contributed by atoms with van der Waals surface area (Å²) in [6.07, 6.45) is 0.625. The van der Waals surface area contributed by atoms with Crippen LogP contribution in [-0.2, 0) is 4.79 Å². The van der Waals surface area contributed by atoms with Crippen molar-refractivity contribution < 1.29 is 34.4 Å². The van der Waals surface area contributed by atoms with Gasteiger partial charge in [0.25, 0.3) is 0 Å². The molecule has 0 aromatic heterocycles. The van der Waals surface area contributed by atoms with Gasteiger partial charge in [-0.1, -0.05) is 0 Å². The van der Waals surface area contributed by atoms with Crippen LogP contribution in [0, 0.1) is 6.07 Å². The molecule has 3 nitrogen and oxygen atoms in total. The monoisotopic (exact) mass is 186 g/mol. The zero-order chi connectivity index (χ0) is 8.65. The normalized spacial score (nSPS) is 13.4. The summed E-state index contributed by atoms with van der Waals surface area (Å²) in [5.74, 6) is 0.0926. The number of hydrogen-bond donors (Lipinski definition) is 2. The standard InChI is InChI=1S/C6H5.C3H6N2O.Na/c1-2-4-6-5-3-1;6-3-1-2-4-5-3;/h1-5H;4H,1-2H2,(H,5,6);/q-1;;+1. The molecule has 0 saturated carbocycles. The molecule has 1 aliphatic heterocycles. The molecule has 1 aromatic carbocycles. The minimum atomic E-state index is 0. The molecule has 0 radical (unpaired) electrons. The Hall–Kier alpha value is -0.350. The summed E-state index contributed by atoms with van der Waals surface area (Å²) in [6, 6.07) is 12.5. The first-order valence-corrected chi connectivity index (χ1v) is 3.82. The maximum absolute atomic E-state index is 10.1. The SMILES string of the molecule is O=C1CCNN1.[Na+].[c-]1ccccc1. The van der Waals surface area contributed by atoms with Gasteiger partial charge < -0.3 is 0 Å². The molecule has 0 atom stereocenters. The van der Waals surface area contributed by atoms with Gasteiger partial charge in [0.15, 0.2) is 0 Å². The third kappa shape index (κ3) is 6.78. The van der Waals surface area contributed by atoms with E-state index in [4.69, 9.17) is 0 Å². The van der Waals surface area contributed by atoms with E-state index in [-0.39, 0.29) is 35.5 Å². The molecule has 1 heterocycles. The minimum Gasteiger partial charge on any atom is -0.292 e. The van der Waals surface area contributed by atoms with Gasteiger partial charge in [0.05, 0.1) is 0 Å². The Kier molecular flexibility index (Phi) is 8.04. The molecule has 1 aromatic rings.